The first-order valence-electron chi connectivity index (χ1n) is 11.5. The summed E-state index contributed by atoms with van der Waals surface area (Å²) in [5.74, 6) is 0.933. The smallest absolute Gasteiger partial charge is 0.251 e. The number of carbonyl (C=O) groups excluding carboxylic acids is 2. The van der Waals surface area contributed by atoms with Gasteiger partial charge in [0.1, 0.15) is 0 Å². The van der Waals surface area contributed by atoms with E-state index in [0.29, 0.717) is 18.5 Å². The number of benzene rings is 2. The topological polar surface area (TPSA) is 52.7 Å². The third-order valence-corrected chi connectivity index (χ3v) is 6.62. The summed E-state index contributed by atoms with van der Waals surface area (Å²) in [5.41, 5.74) is 3.99. The molecule has 2 aliphatic rings. The van der Waals surface area contributed by atoms with E-state index in [9.17, 15) is 9.59 Å². The maximum Gasteiger partial charge on any atom is 0.251 e. The van der Waals surface area contributed by atoms with Gasteiger partial charge in [0, 0.05) is 43.9 Å². The molecule has 31 heavy (non-hydrogen) atoms. The first-order valence-corrected chi connectivity index (χ1v) is 11.5. The summed E-state index contributed by atoms with van der Waals surface area (Å²) in [4.78, 5) is 29.0. The van der Waals surface area contributed by atoms with Crippen molar-refractivity contribution in [2.45, 2.75) is 52.1 Å². The number of piperidine rings is 1. The zero-order chi connectivity index (χ0) is 21.8. The van der Waals surface area contributed by atoms with Gasteiger partial charge in [-0.3, -0.25) is 9.59 Å². The Labute approximate surface area is 185 Å². The number of likely N-dealkylation sites (tertiary alicyclic amines) is 1. The predicted octanol–water partition coefficient (Wildman–Crippen LogP) is 4.54. The fraction of sp³-hybridized carbons (Fsp3) is 0.462. The van der Waals surface area contributed by atoms with Gasteiger partial charge in [0.25, 0.3) is 5.91 Å². The highest BCUT2D eigenvalue weighted by molar-refractivity contribution is 5.94. The molecule has 2 saturated heterocycles. The van der Waals surface area contributed by atoms with Crippen molar-refractivity contribution >= 4 is 17.5 Å². The molecule has 2 heterocycles. The number of anilines is 1. The lowest BCUT2D eigenvalue weighted by Gasteiger charge is -2.32. The molecule has 0 radical (unpaired) electrons. The highest BCUT2D eigenvalue weighted by Crippen LogP contribution is 2.25. The predicted molar refractivity (Wildman–Crippen MR) is 124 cm³/mol. The van der Waals surface area contributed by atoms with Crippen LogP contribution in [0.4, 0.5) is 5.69 Å². The molecule has 2 fully saturated rings. The third kappa shape index (κ3) is 5.27. The second-order valence-corrected chi connectivity index (χ2v) is 9.08. The van der Waals surface area contributed by atoms with Crippen molar-refractivity contribution in [1.82, 2.24) is 10.2 Å². The number of nitrogens with zero attached hydrogens (tertiary/aromatic N) is 2. The Morgan fingerprint density at radius 2 is 1.84 bits per heavy atom. The molecule has 4 rings (SSSR count). The minimum Gasteiger partial charge on any atom is -0.372 e. The van der Waals surface area contributed by atoms with Crippen molar-refractivity contribution in [3.05, 3.63) is 65.2 Å². The fourth-order valence-electron chi connectivity index (χ4n) is 4.51. The molecule has 5 heteroatoms. The van der Waals surface area contributed by atoms with E-state index >= 15 is 0 Å². The molecule has 2 aromatic rings. The van der Waals surface area contributed by atoms with Crippen molar-refractivity contribution in [2.75, 3.05) is 24.5 Å². The van der Waals surface area contributed by atoms with E-state index in [2.05, 4.69) is 41.4 Å². The minimum atomic E-state index is -0.0869. The molecule has 0 spiro atoms. The number of hydrogen-bond donors (Lipinski definition) is 1. The SMILES string of the molecule is CC1CCN(c2ccc(C(C)NC(=O)c3cccc(CN4CCCC4=O)c3)cc2)CC1. The maximum absolute atomic E-state index is 12.8. The Kier molecular flexibility index (Phi) is 6.59. The van der Waals surface area contributed by atoms with Gasteiger partial charge in [0.15, 0.2) is 0 Å². The zero-order valence-electron chi connectivity index (χ0n) is 18.6. The van der Waals surface area contributed by atoms with Crippen LogP contribution in [0.2, 0.25) is 0 Å². The number of nitrogens with one attached hydrogen (secondary N) is 1. The molecule has 164 valence electrons. The van der Waals surface area contributed by atoms with E-state index in [1.54, 1.807) is 0 Å². The van der Waals surface area contributed by atoms with E-state index in [0.717, 1.165) is 43.1 Å². The molecule has 1 N–H and O–H groups in total. The lowest BCUT2D eigenvalue weighted by atomic mass is 9.98. The largest absolute Gasteiger partial charge is 0.372 e. The zero-order valence-corrected chi connectivity index (χ0v) is 18.6. The van der Waals surface area contributed by atoms with E-state index in [1.807, 2.05) is 36.1 Å². The van der Waals surface area contributed by atoms with Crippen LogP contribution in [-0.4, -0.2) is 36.3 Å². The minimum absolute atomic E-state index is 0.0771. The molecule has 5 nitrogen and oxygen atoms in total. The second kappa shape index (κ2) is 9.54. The molecular weight excluding hydrogens is 386 g/mol. The van der Waals surface area contributed by atoms with Crippen molar-refractivity contribution < 1.29 is 9.59 Å². The molecule has 2 aromatic carbocycles. The number of hydrogen-bond acceptors (Lipinski definition) is 3. The van der Waals surface area contributed by atoms with Crippen LogP contribution in [0.15, 0.2) is 48.5 Å². The summed E-state index contributed by atoms with van der Waals surface area (Å²) in [5, 5.41) is 3.11. The van der Waals surface area contributed by atoms with Crippen LogP contribution >= 0.6 is 0 Å². The van der Waals surface area contributed by atoms with Crippen LogP contribution in [0.3, 0.4) is 0 Å². The molecule has 2 aliphatic heterocycles. The van der Waals surface area contributed by atoms with E-state index in [1.165, 1.54) is 18.5 Å². The number of rotatable bonds is 6. The van der Waals surface area contributed by atoms with Crippen LogP contribution in [0.1, 0.15) is 67.1 Å². The maximum atomic E-state index is 12.8. The van der Waals surface area contributed by atoms with Crippen molar-refractivity contribution in [3.8, 4) is 0 Å². The molecule has 2 amide bonds. The highest BCUT2D eigenvalue weighted by atomic mass is 16.2. The van der Waals surface area contributed by atoms with E-state index < -0.39 is 0 Å². The Bertz CT molecular complexity index is 917. The Hall–Kier alpha value is -2.82. The molecule has 0 bridgehead atoms. The quantitative estimate of drug-likeness (QED) is 0.748. The standard InChI is InChI=1S/C26H33N3O2/c1-19-12-15-28(16-13-19)24-10-8-22(9-11-24)20(2)27-26(31)23-6-3-5-21(17-23)18-29-14-4-7-25(29)30/h3,5-6,8-11,17,19-20H,4,7,12-16,18H2,1-2H3,(H,27,31). The van der Waals surface area contributed by atoms with E-state index in [4.69, 9.17) is 0 Å². The lowest BCUT2D eigenvalue weighted by molar-refractivity contribution is -0.128. The average molecular weight is 420 g/mol. The van der Waals surface area contributed by atoms with Gasteiger partial charge in [0.05, 0.1) is 6.04 Å². The average Bonchev–Trinajstić information content (AvgIpc) is 3.19. The Balaban J connectivity index is 1.36. The third-order valence-electron chi connectivity index (χ3n) is 6.62. The second-order valence-electron chi connectivity index (χ2n) is 9.08. The normalized spacial score (nSPS) is 18.3. The molecule has 0 aromatic heterocycles. The summed E-state index contributed by atoms with van der Waals surface area (Å²) < 4.78 is 0. The van der Waals surface area contributed by atoms with Gasteiger partial charge in [-0.2, -0.15) is 0 Å². The molecule has 0 aliphatic carbocycles. The van der Waals surface area contributed by atoms with Crippen LogP contribution in [0.25, 0.3) is 0 Å². The molecule has 0 saturated carbocycles. The number of carbonyl (C=O) groups is 2. The van der Waals surface area contributed by atoms with E-state index in [-0.39, 0.29) is 17.9 Å². The van der Waals surface area contributed by atoms with Gasteiger partial charge in [0.2, 0.25) is 5.91 Å². The first kappa shape index (κ1) is 21.4. The van der Waals surface area contributed by atoms with Crippen LogP contribution in [0, 0.1) is 5.92 Å². The van der Waals surface area contributed by atoms with Gasteiger partial charge in [-0.15, -0.1) is 0 Å². The van der Waals surface area contributed by atoms with Crippen molar-refractivity contribution in [3.63, 3.8) is 0 Å². The van der Waals surface area contributed by atoms with Crippen LogP contribution < -0.4 is 10.2 Å². The summed E-state index contributed by atoms with van der Waals surface area (Å²) in [6, 6.07) is 16.1. The van der Waals surface area contributed by atoms with Gasteiger partial charge in [-0.1, -0.05) is 31.2 Å². The Morgan fingerprint density at radius 1 is 1.10 bits per heavy atom. The van der Waals surface area contributed by atoms with Crippen molar-refractivity contribution in [1.29, 1.82) is 0 Å². The van der Waals surface area contributed by atoms with Crippen LogP contribution in [-0.2, 0) is 11.3 Å². The lowest BCUT2D eigenvalue weighted by Crippen LogP contribution is -2.32. The van der Waals surface area contributed by atoms with Gasteiger partial charge in [-0.25, -0.2) is 0 Å². The highest BCUT2D eigenvalue weighted by Gasteiger charge is 2.21. The van der Waals surface area contributed by atoms with Crippen molar-refractivity contribution in [2.24, 2.45) is 5.92 Å². The summed E-state index contributed by atoms with van der Waals surface area (Å²) in [6.45, 7) is 7.96. The Morgan fingerprint density at radius 3 is 2.52 bits per heavy atom. The van der Waals surface area contributed by atoms with Gasteiger partial charge >= 0.3 is 0 Å². The van der Waals surface area contributed by atoms with Crippen LogP contribution in [0.5, 0.6) is 0 Å². The summed E-state index contributed by atoms with van der Waals surface area (Å²) in [6.07, 6.45) is 4.05. The van der Waals surface area contributed by atoms with Gasteiger partial charge in [-0.05, 0) is 67.5 Å². The number of amides is 2. The molecule has 1 atom stereocenters. The molecular formula is C26H33N3O2. The summed E-state index contributed by atoms with van der Waals surface area (Å²) in [7, 11) is 0. The summed E-state index contributed by atoms with van der Waals surface area (Å²) >= 11 is 0. The van der Waals surface area contributed by atoms with Gasteiger partial charge < -0.3 is 15.1 Å². The molecule has 1 unspecified atom stereocenters. The monoisotopic (exact) mass is 419 g/mol. The fourth-order valence-corrected chi connectivity index (χ4v) is 4.51. The first-order chi connectivity index (χ1) is 15.0.